The van der Waals surface area contributed by atoms with Gasteiger partial charge in [-0.05, 0) is 37.1 Å². The topological polar surface area (TPSA) is 12.0 Å². The fourth-order valence-corrected chi connectivity index (χ4v) is 1.89. The third kappa shape index (κ3) is 4.37. The molecule has 0 bridgehead atoms. The summed E-state index contributed by atoms with van der Waals surface area (Å²) >= 11 is 9.51. The van der Waals surface area contributed by atoms with Crippen molar-refractivity contribution < 1.29 is 0 Å². The second kappa shape index (κ2) is 6.31. The minimum Gasteiger partial charge on any atom is -0.310 e. The molecule has 1 nitrogen and oxygen atoms in total. The van der Waals surface area contributed by atoms with Gasteiger partial charge in [0.05, 0.1) is 0 Å². The molecule has 0 fully saturated rings. The third-order valence-electron chi connectivity index (χ3n) is 2.17. The molecule has 82 valence electrons. The van der Waals surface area contributed by atoms with E-state index in [1.165, 1.54) is 0 Å². The van der Waals surface area contributed by atoms with E-state index < -0.39 is 0 Å². The zero-order valence-electron chi connectivity index (χ0n) is 8.76. The molecule has 0 amide bonds. The van der Waals surface area contributed by atoms with Gasteiger partial charge in [0.25, 0.3) is 0 Å². The molecule has 1 rings (SSSR count). The van der Waals surface area contributed by atoms with Crippen LogP contribution < -0.4 is 5.32 Å². The highest BCUT2D eigenvalue weighted by Crippen LogP contribution is 2.20. The fourth-order valence-electron chi connectivity index (χ4n) is 1.30. The van der Waals surface area contributed by atoms with Gasteiger partial charge < -0.3 is 5.32 Å². The Morgan fingerprint density at radius 1 is 1.60 bits per heavy atom. The molecule has 0 spiro atoms. The van der Waals surface area contributed by atoms with Crippen molar-refractivity contribution in [3.8, 4) is 0 Å². The lowest BCUT2D eigenvalue weighted by Crippen LogP contribution is -2.24. The van der Waals surface area contributed by atoms with Gasteiger partial charge in [-0.1, -0.05) is 33.6 Å². The van der Waals surface area contributed by atoms with Gasteiger partial charge in [-0.25, -0.2) is 0 Å². The Kier molecular flexibility index (Phi) is 5.37. The monoisotopic (exact) mass is 287 g/mol. The van der Waals surface area contributed by atoms with Gasteiger partial charge in [-0.15, -0.1) is 6.58 Å². The molecule has 0 saturated heterocycles. The summed E-state index contributed by atoms with van der Waals surface area (Å²) in [6.07, 6.45) is 2.88. The lowest BCUT2D eigenvalue weighted by molar-refractivity contribution is 0.554. The Morgan fingerprint density at radius 2 is 2.33 bits per heavy atom. The van der Waals surface area contributed by atoms with Crippen molar-refractivity contribution in [2.75, 3.05) is 0 Å². The second-order valence-corrected chi connectivity index (χ2v) is 4.86. The number of hydrogen-bond acceptors (Lipinski definition) is 1. The molecule has 1 aromatic rings. The molecule has 15 heavy (non-hydrogen) atoms. The third-order valence-corrected chi connectivity index (χ3v) is 3.03. The van der Waals surface area contributed by atoms with Crippen LogP contribution in [-0.2, 0) is 6.54 Å². The highest BCUT2D eigenvalue weighted by Gasteiger charge is 2.03. The van der Waals surface area contributed by atoms with E-state index in [1.807, 2.05) is 24.3 Å². The summed E-state index contributed by atoms with van der Waals surface area (Å²) in [6, 6.07) is 6.31. The standard InChI is InChI=1S/C12H15BrClN/c1-3-4-9(2)15-8-10-7-11(13)5-6-12(10)14/h3,5-7,9,15H,1,4,8H2,2H3. The minimum absolute atomic E-state index is 0.428. The summed E-state index contributed by atoms with van der Waals surface area (Å²) in [4.78, 5) is 0. The van der Waals surface area contributed by atoms with Crippen molar-refractivity contribution in [3.63, 3.8) is 0 Å². The average molecular weight is 289 g/mol. The molecule has 0 heterocycles. The summed E-state index contributed by atoms with van der Waals surface area (Å²) in [5, 5.41) is 4.19. The van der Waals surface area contributed by atoms with E-state index in [9.17, 15) is 0 Å². The molecule has 3 heteroatoms. The van der Waals surface area contributed by atoms with Crippen LogP contribution in [0.4, 0.5) is 0 Å². The largest absolute Gasteiger partial charge is 0.310 e. The quantitative estimate of drug-likeness (QED) is 0.802. The molecule has 0 aromatic heterocycles. The second-order valence-electron chi connectivity index (χ2n) is 3.54. The molecule has 0 radical (unpaired) electrons. The summed E-state index contributed by atoms with van der Waals surface area (Å²) in [5.41, 5.74) is 1.11. The van der Waals surface area contributed by atoms with E-state index in [1.54, 1.807) is 0 Å². The van der Waals surface area contributed by atoms with Crippen molar-refractivity contribution in [1.29, 1.82) is 0 Å². The predicted octanol–water partition coefficient (Wildman–Crippen LogP) is 4.16. The summed E-state index contributed by atoms with van der Waals surface area (Å²) < 4.78 is 1.06. The van der Waals surface area contributed by atoms with Crippen LogP contribution in [0.5, 0.6) is 0 Å². The maximum atomic E-state index is 6.08. The normalized spacial score (nSPS) is 12.5. The molecular weight excluding hydrogens is 273 g/mol. The Labute approximate surface area is 105 Å². The van der Waals surface area contributed by atoms with Crippen molar-refractivity contribution >= 4 is 27.5 Å². The van der Waals surface area contributed by atoms with Gasteiger partial charge in [-0.3, -0.25) is 0 Å². The number of halogens is 2. The summed E-state index contributed by atoms with van der Waals surface area (Å²) in [7, 11) is 0. The van der Waals surface area contributed by atoms with Gasteiger partial charge in [0.2, 0.25) is 0 Å². The number of benzene rings is 1. The van der Waals surface area contributed by atoms with E-state index in [-0.39, 0.29) is 0 Å². The first-order chi connectivity index (χ1) is 7.13. The van der Waals surface area contributed by atoms with Gasteiger partial charge in [0.15, 0.2) is 0 Å². The first kappa shape index (κ1) is 12.8. The molecule has 0 saturated carbocycles. The summed E-state index contributed by atoms with van der Waals surface area (Å²) in [5.74, 6) is 0. The maximum absolute atomic E-state index is 6.08. The smallest absolute Gasteiger partial charge is 0.0451 e. The average Bonchev–Trinajstić information content (AvgIpc) is 2.20. The summed E-state index contributed by atoms with van der Waals surface area (Å²) in [6.45, 7) is 6.63. The van der Waals surface area contributed by atoms with Crippen LogP contribution in [0, 0.1) is 0 Å². The highest BCUT2D eigenvalue weighted by atomic mass is 79.9. The van der Waals surface area contributed by atoms with Crippen molar-refractivity contribution in [2.45, 2.75) is 25.9 Å². The molecule has 1 atom stereocenters. The lowest BCUT2D eigenvalue weighted by atomic mass is 10.2. The number of nitrogens with one attached hydrogen (secondary N) is 1. The first-order valence-corrected chi connectivity index (χ1v) is 6.08. The van der Waals surface area contributed by atoms with Crippen molar-refractivity contribution in [2.24, 2.45) is 0 Å². The molecule has 0 aliphatic heterocycles. The van der Waals surface area contributed by atoms with Crippen LogP contribution >= 0.6 is 27.5 Å². The Morgan fingerprint density at radius 3 is 3.00 bits per heavy atom. The van der Waals surface area contributed by atoms with Crippen LogP contribution in [0.15, 0.2) is 35.3 Å². The SMILES string of the molecule is C=CCC(C)NCc1cc(Br)ccc1Cl. The van der Waals surface area contributed by atoms with E-state index in [4.69, 9.17) is 11.6 Å². The van der Waals surface area contributed by atoms with Crippen LogP contribution in [0.3, 0.4) is 0 Å². The molecule has 0 aliphatic carbocycles. The van der Waals surface area contributed by atoms with Gasteiger partial charge in [0, 0.05) is 22.1 Å². The van der Waals surface area contributed by atoms with E-state index in [0.29, 0.717) is 6.04 Å². The first-order valence-electron chi connectivity index (χ1n) is 4.91. The fraction of sp³-hybridized carbons (Fsp3) is 0.333. The predicted molar refractivity (Wildman–Crippen MR) is 70.3 cm³/mol. The Balaban J connectivity index is 2.56. The van der Waals surface area contributed by atoms with Crippen molar-refractivity contribution in [1.82, 2.24) is 5.32 Å². The van der Waals surface area contributed by atoms with Crippen molar-refractivity contribution in [3.05, 3.63) is 45.9 Å². The van der Waals surface area contributed by atoms with E-state index in [0.717, 1.165) is 28.0 Å². The Hall–Kier alpha value is -0.310. The van der Waals surface area contributed by atoms with Gasteiger partial charge in [-0.2, -0.15) is 0 Å². The van der Waals surface area contributed by atoms with Crippen LogP contribution in [0.2, 0.25) is 5.02 Å². The molecule has 1 unspecified atom stereocenters. The van der Waals surface area contributed by atoms with Crippen LogP contribution in [0.1, 0.15) is 18.9 Å². The van der Waals surface area contributed by atoms with E-state index >= 15 is 0 Å². The zero-order chi connectivity index (χ0) is 11.3. The van der Waals surface area contributed by atoms with Crippen LogP contribution in [-0.4, -0.2) is 6.04 Å². The number of hydrogen-bond donors (Lipinski definition) is 1. The Bertz CT molecular complexity index is 338. The molecular formula is C12H15BrClN. The minimum atomic E-state index is 0.428. The van der Waals surface area contributed by atoms with E-state index in [2.05, 4.69) is 34.7 Å². The lowest BCUT2D eigenvalue weighted by Gasteiger charge is -2.12. The molecule has 1 aromatic carbocycles. The highest BCUT2D eigenvalue weighted by molar-refractivity contribution is 9.10. The van der Waals surface area contributed by atoms with Crippen LogP contribution in [0.25, 0.3) is 0 Å². The van der Waals surface area contributed by atoms with Gasteiger partial charge in [0.1, 0.15) is 0 Å². The molecule has 1 N–H and O–H groups in total. The molecule has 0 aliphatic rings. The van der Waals surface area contributed by atoms with Gasteiger partial charge >= 0.3 is 0 Å². The number of rotatable bonds is 5. The maximum Gasteiger partial charge on any atom is 0.0451 e. The zero-order valence-corrected chi connectivity index (χ0v) is 11.1.